The maximum atomic E-state index is 10.2. The second kappa shape index (κ2) is 22.5. The van der Waals surface area contributed by atoms with Crippen molar-refractivity contribution in [3.8, 4) is 0 Å². The van der Waals surface area contributed by atoms with Gasteiger partial charge in [-0.2, -0.15) is 0 Å². The second-order valence-corrected chi connectivity index (χ2v) is 1.83. The van der Waals surface area contributed by atoms with Crippen molar-refractivity contribution in [2.24, 2.45) is 5.73 Å². The molecule has 0 aliphatic heterocycles. The largest absolute Gasteiger partial charge is 0.465 e. The first-order chi connectivity index (χ1) is 6.22. The predicted octanol–water partition coefficient (Wildman–Crippen LogP) is 2.12. The van der Waals surface area contributed by atoms with E-state index in [-0.39, 0.29) is 12.5 Å². The van der Waals surface area contributed by atoms with Gasteiger partial charge in [-0.15, -0.1) is 6.58 Å². The molecule has 0 aliphatic carbocycles. The number of carbonyl (C=O) groups is 1. The van der Waals surface area contributed by atoms with Crippen LogP contribution >= 0.6 is 0 Å². The van der Waals surface area contributed by atoms with Crippen LogP contribution in [0.1, 0.15) is 34.1 Å². The summed E-state index contributed by atoms with van der Waals surface area (Å²) in [7, 11) is 0. The van der Waals surface area contributed by atoms with Crippen LogP contribution in [0.4, 0.5) is 0 Å². The highest BCUT2D eigenvalue weighted by atomic mass is 16.5. The molecule has 13 heavy (non-hydrogen) atoms. The molecular formula is C10H23NO2. The minimum absolute atomic E-state index is 0.0139. The Morgan fingerprint density at radius 3 is 2.15 bits per heavy atom. The molecule has 0 aromatic heterocycles. The first kappa shape index (κ1) is 18.1. The molecular weight excluding hydrogens is 166 g/mol. The SMILES string of the molecule is C=CC.CC.CCCOC(=O)CN. The number of ether oxygens (including phenoxy) is 1. The quantitative estimate of drug-likeness (QED) is 0.546. The van der Waals surface area contributed by atoms with Crippen molar-refractivity contribution in [2.75, 3.05) is 13.2 Å². The van der Waals surface area contributed by atoms with Crippen LogP contribution in [0.25, 0.3) is 0 Å². The standard InChI is InChI=1S/C5H11NO2.C3H6.C2H6/c1-2-3-8-5(7)4-6;1-3-2;1-2/h2-4,6H2,1H3;3H,1H2,2H3;1-2H3. The summed E-state index contributed by atoms with van der Waals surface area (Å²) in [5, 5.41) is 0. The van der Waals surface area contributed by atoms with Crippen molar-refractivity contribution in [1.82, 2.24) is 0 Å². The number of allylic oxidation sites excluding steroid dienone is 1. The van der Waals surface area contributed by atoms with Crippen molar-refractivity contribution in [3.05, 3.63) is 12.7 Å². The summed E-state index contributed by atoms with van der Waals surface area (Å²) in [4.78, 5) is 10.2. The number of carbonyl (C=O) groups excluding carboxylic acids is 1. The summed E-state index contributed by atoms with van der Waals surface area (Å²) in [5.74, 6) is -0.327. The number of esters is 1. The van der Waals surface area contributed by atoms with Gasteiger partial charge in [0.15, 0.2) is 0 Å². The van der Waals surface area contributed by atoms with Gasteiger partial charge in [-0.1, -0.05) is 26.8 Å². The molecule has 0 radical (unpaired) electrons. The van der Waals surface area contributed by atoms with E-state index in [1.807, 2.05) is 27.7 Å². The fraction of sp³-hybridized carbons (Fsp3) is 0.700. The van der Waals surface area contributed by atoms with E-state index in [4.69, 9.17) is 5.73 Å². The van der Waals surface area contributed by atoms with Gasteiger partial charge in [-0.05, 0) is 13.3 Å². The summed E-state index contributed by atoms with van der Waals surface area (Å²) in [6, 6.07) is 0. The Labute approximate surface area is 82.0 Å². The molecule has 0 bridgehead atoms. The van der Waals surface area contributed by atoms with Gasteiger partial charge in [0.25, 0.3) is 0 Å². The molecule has 0 saturated heterocycles. The first-order valence-corrected chi connectivity index (χ1v) is 4.65. The van der Waals surface area contributed by atoms with Crippen LogP contribution in [0.3, 0.4) is 0 Å². The minimum Gasteiger partial charge on any atom is -0.465 e. The Bertz CT molecular complexity index is 103. The van der Waals surface area contributed by atoms with Gasteiger partial charge in [-0.25, -0.2) is 0 Å². The van der Waals surface area contributed by atoms with Crippen LogP contribution in [0.5, 0.6) is 0 Å². The van der Waals surface area contributed by atoms with Gasteiger partial charge < -0.3 is 10.5 Å². The molecule has 2 N–H and O–H groups in total. The van der Waals surface area contributed by atoms with Crippen LogP contribution in [0, 0.1) is 0 Å². The Hall–Kier alpha value is -0.830. The first-order valence-electron chi connectivity index (χ1n) is 4.65. The van der Waals surface area contributed by atoms with Gasteiger partial charge in [-0.3, -0.25) is 4.79 Å². The van der Waals surface area contributed by atoms with E-state index in [0.717, 1.165) is 6.42 Å². The van der Waals surface area contributed by atoms with Crippen molar-refractivity contribution in [2.45, 2.75) is 34.1 Å². The molecule has 0 unspecified atom stereocenters. The van der Waals surface area contributed by atoms with Crippen LogP contribution in [0.15, 0.2) is 12.7 Å². The van der Waals surface area contributed by atoms with Crippen LogP contribution < -0.4 is 5.73 Å². The van der Waals surface area contributed by atoms with Gasteiger partial charge in [0, 0.05) is 0 Å². The van der Waals surface area contributed by atoms with Crippen LogP contribution in [-0.4, -0.2) is 19.1 Å². The number of hydrogen-bond acceptors (Lipinski definition) is 3. The van der Waals surface area contributed by atoms with E-state index < -0.39 is 0 Å². The molecule has 0 aromatic rings. The van der Waals surface area contributed by atoms with Crippen molar-refractivity contribution in [3.63, 3.8) is 0 Å². The summed E-state index contributed by atoms with van der Waals surface area (Å²) in [6.45, 7) is 11.7. The lowest BCUT2D eigenvalue weighted by Gasteiger charge is -1.97. The maximum absolute atomic E-state index is 10.2. The molecule has 3 nitrogen and oxygen atoms in total. The highest BCUT2D eigenvalue weighted by molar-refractivity contribution is 5.71. The van der Waals surface area contributed by atoms with Gasteiger partial charge in [0.1, 0.15) is 0 Å². The third-order valence-corrected chi connectivity index (χ3v) is 0.634. The lowest BCUT2D eigenvalue weighted by Crippen LogP contribution is -2.16. The van der Waals surface area contributed by atoms with Gasteiger partial charge in [0.2, 0.25) is 0 Å². The summed E-state index contributed by atoms with van der Waals surface area (Å²) < 4.78 is 4.58. The molecule has 0 aliphatic rings. The van der Waals surface area contributed by atoms with Crippen molar-refractivity contribution >= 4 is 5.97 Å². The number of nitrogens with two attached hydrogens (primary N) is 1. The van der Waals surface area contributed by atoms with E-state index in [1.54, 1.807) is 6.08 Å². The maximum Gasteiger partial charge on any atom is 0.319 e. The highest BCUT2D eigenvalue weighted by Gasteiger charge is 1.93. The monoisotopic (exact) mass is 189 g/mol. The highest BCUT2D eigenvalue weighted by Crippen LogP contribution is 1.78. The second-order valence-electron chi connectivity index (χ2n) is 1.83. The van der Waals surface area contributed by atoms with Gasteiger partial charge >= 0.3 is 5.97 Å². The lowest BCUT2D eigenvalue weighted by molar-refractivity contribution is -0.141. The molecule has 0 saturated carbocycles. The van der Waals surface area contributed by atoms with Gasteiger partial charge in [0.05, 0.1) is 13.2 Å². The molecule has 0 heterocycles. The predicted molar refractivity (Wildman–Crippen MR) is 57.5 cm³/mol. The van der Waals surface area contributed by atoms with E-state index in [2.05, 4.69) is 11.3 Å². The Kier molecular flexibility index (Phi) is 31.2. The molecule has 0 spiro atoms. The molecule has 0 fully saturated rings. The molecule has 3 heteroatoms. The Morgan fingerprint density at radius 2 is 1.92 bits per heavy atom. The summed E-state index contributed by atoms with van der Waals surface area (Å²) >= 11 is 0. The van der Waals surface area contributed by atoms with Crippen molar-refractivity contribution in [1.29, 1.82) is 0 Å². The minimum atomic E-state index is -0.327. The Morgan fingerprint density at radius 1 is 1.54 bits per heavy atom. The average molecular weight is 189 g/mol. The third kappa shape index (κ3) is 35.1. The number of rotatable bonds is 3. The zero-order valence-corrected chi connectivity index (χ0v) is 9.30. The number of hydrogen-bond donors (Lipinski definition) is 1. The average Bonchev–Trinajstić information content (AvgIpc) is 2.18. The zero-order valence-electron chi connectivity index (χ0n) is 9.30. The summed E-state index contributed by atoms with van der Waals surface area (Å²) in [5.41, 5.74) is 4.94. The van der Waals surface area contributed by atoms with E-state index >= 15 is 0 Å². The lowest BCUT2D eigenvalue weighted by atomic mass is 10.5. The van der Waals surface area contributed by atoms with E-state index in [9.17, 15) is 4.79 Å². The molecule has 0 rings (SSSR count). The normalized spacial score (nSPS) is 6.85. The molecule has 0 aromatic carbocycles. The zero-order chi connectivity index (χ0) is 11.1. The fourth-order valence-electron chi connectivity index (χ4n) is 0.275. The Balaban J connectivity index is -0.000000169. The van der Waals surface area contributed by atoms with E-state index in [0.29, 0.717) is 6.61 Å². The van der Waals surface area contributed by atoms with Crippen LogP contribution in [-0.2, 0) is 9.53 Å². The molecule has 80 valence electrons. The fourth-order valence-corrected chi connectivity index (χ4v) is 0.275. The molecule has 0 atom stereocenters. The summed E-state index contributed by atoms with van der Waals surface area (Å²) in [6.07, 6.45) is 2.60. The third-order valence-electron chi connectivity index (χ3n) is 0.634. The van der Waals surface area contributed by atoms with E-state index in [1.165, 1.54) is 0 Å². The topological polar surface area (TPSA) is 52.3 Å². The van der Waals surface area contributed by atoms with Crippen LogP contribution in [0.2, 0.25) is 0 Å². The molecule has 0 amide bonds. The van der Waals surface area contributed by atoms with Crippen molar-refractivity contribution < 1.29 is 9.53 Å². The smallest absolute Gasteiger partial charge is 0.319 e.